The Bertz CT molecular complexity index is 468. The fourth-order valence-corrected chi connectivity index (χ4v) is 1.79. The molecule has 0 aliphatic rings. The van der Waals surface area contributed by atoms with Gasteiger partial charge < -0.3 is 14.6 Å². The van der Waals surface area contributed by atoms with Crippen molar-refractivity contribution >= 4 is 5.82 Å². The third-order valence-corrected chi connectivity index (χ3v) is 2.78. The van der Waals surface area contributed by atoms with Crippen molar-refractivity contribution in [3.63, 3.8) is 0 Å². The van der Waals surface area contributed by atoms with Gasteiger partial charge in [-0.3, -0.25) is 0 Å². The predicted octanol–water partition coefficient (Wildman–Crippen LogP) is 2.42. The van der Waals surface area contributed by atoms with Crippen LogP contribution >= 0.6 is 0 Å². The van der Waals surface area contributed by atoms with Crippen LogP contribution in [0, 0.1) is 0 Å². The van der Waals surface area contributed by atoms with Gasteiger partial charge in [-0.1, -0.05) is 6.92 Å². The summed E-state index contributed by atoms with van der Waals surface area (Å²) in [5, 5.41) is 3.31. The molecule has 0 spiro atoms. The van der Waals surface area contributed by atoms with Gasteiger partial charge in [0, 0.05) is 31.9 Å². The van der Waals surface area contributed by atoms with Crippen molar-refractivity contribution in [2.75, 3.05) is 18.5 Å². The van der Waals surface area contributed by atoms with Gasteiger partial charge in [0.15, 0.2) is 0 Å². The topological polar surface area (TPSA) is 41.3 Å². The van der Waals surface area contributed by atoms with Gasteiger partial charge in [0.1, 0.15) is 5.82 Å². The minimum absolute atomic E-state index is 0.800. The zero-order valence-electron chi connectivity index (χ0n) is 10.9. The van der Waals surface area contributed by atoms with Crippen LogP contribution in [0.1, 0.15) is 18.1 Å². The van der Waals surface area contributed by atoms with E-state index in [0.717, 1.165) is 31.0 Å². The van der Waals surface area contributed by atoms with Crippen molar-refractivity contribution in [3.05, 3.63) is 48.0 Å². The Balaban J connectivity index is 2.03. The molecule has 0 radical (unpaired) electrons. The van der Waals surface area contributed by atoms with E-state index >= 15 is 0 Å². The molecule has 0 amide bonds. The molecular weight excluding hydrogens is 226 g/mol. The van der Waals surface area contributed by atoms with Crippen LogP contribution in [-0.4, -0.2) is 18.6 Å². The predicted molar refractivity (Wildman–Crippen MR) is 72.4 cm³/mol. The molecule has 2 aromatic heterocycles. The van der Waals surface area contributed by atoms with Crippen molar-refractivity contribution in [1.29, 1.82) is 0 Å². The van der Waals surface area contributed by atoms with Crippen LogP contribution in [0.3, 0.4) is 0 Å². The normalized spacial score (nSPS) is 10.6. The molecule has 0 atom stereocenters. The van der Waals surface area contributed by atoms with E-state index in [1.807, 2.05) is 25.4 Å². The number of pyridine rings is 1. The largest absolute Gasteiger partial charge is 0.472 e. The molecule has 4 heteroatoms. The van der Waals surface area contributed by atoms with Gasteiger partial charge in [-0.05, 0) is 30.3 Å². The molecule has 0 fully saturated rings. The number of anilines is 1. The van der Waals surface area contributed by atoms with Crippen molar-refractivity contribution < 1.29 is 4.42 Å². The third-order valence-electron chi connectivity index (χ3n) is 2.78. The molecule has 2 heterocycles. The van der Waals surface area contributed by atoms with E-state index in [1.165, 1.54) is 5.56 Å². The van der Waals surface area contributed by atoms with Gasteiger partial charge in [0.2, 0.25) is 0 Å². The van der Waals surface area contributed by atoms with Crippen LogP contribution in [0.2, 0.25) is 0 Å². The molecular formula is C14H19N3O. The lowest BCUT2D eigenvalue weighted by Crippen LogP contribution is -2.18. The monoisotopic (exact) mass is 245 g/mol. The molecule has 4 nitrogen and oxygen atoms in total. The maximum Gasteiger partial charge on any atom is 0.128 e. The molecule has 0 aliphatic heterocycles. The molecule has 0 bridgehead atoms. The second-order valence-electron chi connectivity index (χ2n) is 4.29. The van der Waals surface area contributed by atoms with Crippen LogP contribution < -0.4 is 10.2 Å². The first-order valence-electron chi connectivity index (χ1n) is 6.17. The summed E-state index contributed by atoms with van der Waals surface area (Å²) in [6.45, 7) is 4.76. The standard InChI is InChI=1S/C14H19N3O/c1-3-15-9-12-4-6-16-14(8-12)17(2)10-13-5-7-18-11-13/h4-8,11,15H,3,9-10H2,1-2H3. The lowest BCUT2D eigenvalue weighted by molar-refractivity contribution is 0.563. The molecule has 2 aromatic rings. The summed E-state index contributed by atoms with van der Waals surface area (Å²) in [5.74, 6) is 0.978. The second kappa shape index (κ2) is 6.21. The van der Waals surface area contributed by atoms with Gasteiger partial charge in [0.05, 0.1) is 12.5 Å². The van der Waals surface area contributed by atoms with Crippen LogP contribution in [0.25, 0.3) is 0 Å². The summed E-state index contributed by atoms with van der Waals surface area (Å²) in [6, 6.07) is 6.12. The summed E-state index contributed by atoms with van der Waals surface area (Å²) in [6.07, 6.45) is 5.31. The maximum atomic E-state index is 5.07. The van der Waals surface area contributed by atoms with E-state index in [2.05, 4.69) is 28.2 Å². The molecule has 18 heavy (non-hydrogen) atoms. The van der Waals surface area contributed by atoms with Gasteiger partial charge in [-0.15, -0.1) is 0 Å². The summed E-state index contributed by atoms with van der Waals surface area (Å²) >= 11 is 0. The van der Waals surface area contributed by atoms with Crippen molar-refractivity contribution in [3.8, 4) is 0 Å². The zero-order chi connectivity index (χ0) is 12.8. The molecule has 2 rings (SSSR count). The average molecular weight is 245 g/mol. The minimum atomic E-state index is 0.800. The van der Waals surface area contributed by atoms with Crippen molar-refractivity contribution in [1.82, 2.24) is 10.3 Å². The van der Waals surface area contributed by atoms with Crippen LogP contribution in [0.5, 0.6) is 0 Å². The Kier molecular flexibility index (Phi) is 4.36. The number of aromatic nitrogens is 1. The van der Waals surface area contributed by atoms with Crippen molar-refractivity contribution in [2.24, 2.45) is 0 Å². The zero-order valence-corrected chi connectivity index (χ0v) is 10.9. The van der Waals surface area contributed by atoms with Gasteiger partial charge in [0.25, 0.3) is 0 Å². The Morgan fingerprint density at radius 3 is 2.94 bits per heavy atom. The van der Waals surface area contributed by atoms with Crippen LogP contribution in [0.15, 0.2) is 41.3 Å². The summed E-state index contributed by atoms with van der Waals surface area (Å²) in [4.78, 5) is 6.51. The average Bonchev–Trinajstić information content (AvgIpc) is 2.89. The first-order chi connectivity index (χ1) is 8.79. The number of rotatable bonds is 6. The quantitative estimate of drug-likeness (QED) is 0.848. The fourth-order valence-electron chi connectivity index (χ4n) is 1.79. The van der Waals surface area contributed by atoms with E-state index < -0.39 is 0 Å². The van der Waals surface area contributed by atoms with Crippen molar-refractivity contribution in [2.45, 2.75) is 20.0 Å². The SMILES string of the molecule is CCNCc1ccnc(N(C)Cc2ccoc2)c1. The van der Waals surface area contributed by atoms with E-state index in [4.69, 9.17) is 4.42 Å². The van der Waals surface area contributed by atoms with Gasteiger partial charge >= 0.3 is 0 Å². The molecule has 0 saturated heterocycles. The Morgan fingerprint density at radius 2 is 2.22 bits per heavy atom. The van der Waals surface area contributed by atoms with E-state index in [9.17, 15) is 0 Å². The number of furan rings is 1. The highest BCUT2D eigenvalue weighted by Gasteiger charge is 2.05. The summed E-state index contributed by atoms with van der Waals surface area (Å²) < 4.78 is 5.07. The van der Waals surface area contributed by atoms with Crippen LogP contribution in [-0.2, 0) is 13.1 Å². The highest BCUT2D eigenvalue weighted by Crippen LogP contribution is 2.14. The first-order valence-corrected chi connectivity index (χ1v) is 6.17. The molecule has 0 unspecified atom stereocenters. The number of hydrogen-bond donors (Lipinski definition) is 1. The van der Waals surface area contributed by atoms with E-state index in [0.29, 0.717) is 0 Å². The lowest BCUT2D eigenvalue weighted by atomic mass is 10.2. The molecule has 0 aromatic carbocycles. The molecule has 96 valence electrons. The molecule has 1 N–H and O–H groups in total. The minimum Gasteiger partial charge on any atom is -0.472 e. The number of hydrogen-bond acceptors (Lipinski definition) is 4. The number of nitrogens with zero attached hydrogens (tertiary/aromatic N) is 2. The summed E-state index contributed by atoms with van der Waals surface area (Å²) in [7, 11) is 2.03. The summed E-state index contributed by atoms with van der Waals surface area (Å²) in [5.41, 5.74) is 2.40. The van der Waals surface area contributed by atoms with Gasteiger partial charge in [-0.2, -0.15) is 0 Å². The Morgan fingerprint density at radius 1 is 1.33 bits per heavy atom. The highest BCUT2D eigenvalue weighted by molar-refractivity contribution is 5.40. The van der Waals surface area contributed by atoms with E-state index in [-0.39, 0.29) is 0 Å². The van der Waals surface area contributed by atoms with Gasteiger partial charge in [-0.25, -0.2) is 4.98 Å². The smallest absolute Gasteiger partial charge is 0.128 e. The number of nitrogens with one attached hydrogen (secondary N) is 1. The first kappa shape index (κ1) is 12.6. The lowest BCUT2D eigenvalue weighted by Gasteiger charge is -2.17. The molecule has 0 aliphatic carbocycles. The fraction of sp³-hybridized carbons (Fsp3) is 0.357. The maximum absolute atomic E-state index is 5.07. The second-order valence-corrected chi connectivity index (χ2v) is 4.29. The molecule has 0 saturated carbocycles. The van der Waals surface area contributed by atoms with Crippen LogP contribution in [0.4, 0.5) is 5.82 Å². The third kappa shape index (κ3) is 3.34. The Labute approximate surface area is 108 Å². The highest BCUT2D eigenvalue weighted by atomic mass is 16.3. The van der Waals surface area contributed by atoms with E-state index in [1.54, 1.807) is 12.5 Å². The Hall–Kier alpha value is -1.81.